The normalized spacial score (nSPS) is 15.9. The Morgan fingerprint density at radius 1 is 1.64 bits per heavy atom. The van der Waals surface area contributed by atoms with Crippen molar-refractivity contribution in [3.8, 4) is 0 Å². The third kappa shape index (κ3) is 4.99. The molecule has 3 N–H and O–H groups in total. The fraction of sp³-hybridized carbons (Fsp3) is 0.778. The molecule has 0 aromatic heterocycles. The van der Waals surface area contributed by atoms with Crippen molar-refractivity contribution in [1.82, 2.24) is 5.43 Å². The largest absolute Gasteiger partial charge is 0.271 e. The highest BCUT2D eigenvalue weighted by Crippen LogP contribution is 2.11. The van der Waals surface area contributed by atoms with E-state index < -0.39 is 0 Å². The van der Waals surface area contributed by atoms with E-state index in [-0.39, 0.29) is 0 Å². The van der Waals surface area contributed by atoms with Gasteiger partial charge < -0.3 is 0 Å². The van der Waals surface area contributed by atoms with E-state index in [9.17, 15) is 0 Å². The number of hydrogen-bond acceptors (Lipinski definition) is 2. The lowest BCUT2D eigenvalue weighted by Gasteiger charge is -2.17. The lowest BCUT2D eigenvalue weighted by Crippen LogP contribution is -2.35. The van der Waals surface area contributed by atoms with Crippen molar-refractivity contribution < 1.29 is 0 Å². The Morgan fingerprint density at radius 2 is 2.27 bits per heavy atom. The van der Waals surface area contributed by atoms with E-state index in [4.69, 9.17) is 5.84 Å². The molecule has 0 radical (unpaired) electrons. The zero-order valence-corrected chi connectivity index (χ0v) is 7.64. The van der Waals surface area contributed by atoms with Gasteiger partial charge in [0.15, 0.2) is 0 Å². The highest BCUT2D eigenvalue weighted by molar-refractivity contribution is 4.77. The van der Waals surface area contributed by atoms with Gasteiger partial charge >= 0.3 is 0 Å². The minimum atomic E-state index is 0.405. The first-order valence-corrected chi connectivity index (χ1v) is 4.31. The Labute approximate surface area is 69.8 Å². The van der Waals surface area contributed by atoms with Gasteiger partial charge in [-0.25, -0.2) is 0 Å². The summed E-state index contributed by atoms with van der Waals surface area (Å²) < 4.78 is 0. The maximum Gasteiger partial charge on any atom is 0.0247 e. The molecule has 0 amide bonds. The van der Waals surface area contributed by atoms with Gasteiger partial charge in [0.1, 0.15) is 0 Å². The summed E-state index contributed by atoms with van der Waals surface area (Å²) in [5.41, 5.74) is 2.80. The summed E-state index contributed by atoms with van der Waals surface area (Å²) in [6, 6.07) is 0.405. The lowest BCUT2D eigenvalue weighted by molar-refractivity contribution is 0.400. The second-order valence-electron chi connectivity index (χ2n) is 3.14. The summed E-state index contributed by atoms with van der Waals surface area (Å²) in [7, 11) is 0. The van der Waals surface area contributed by atoms with E-state index in [2.05, 4.69) is 25.9 Å². The van der Waals surface area contributed by atoms with E-state index >= 15 is 0 Å². The third-order valence-electron chi connectivity index (χ3n) is 2.07. The van der Waals surface area contributed by atoms with Crippen LogP contribution in [0.5, 0.6) is 0 Å². The highest BCUT2D eigenvalue weighted by Gasteiger charge is 2.07. The topological polar surface area (TPSA) is 38.0 Å². The molecule has 0 saturated heterocycles. The van der Waals surface area contributed by atoms with Crippen molar-refractivity contribution in [3.05, 3.63) is 12.7 Å². The summed E-state index contributed by atoms with van der Waals surface area (Å²) in [6.45, 7) is 8.13. The average molecular weight is 156 g/mol. The predicted molar refractivity (Wildman–Crippen MR) is 50.0 cm³/mol. The van der Waals surface area contributed by atoms with Gasteiger partial charge in [-0.15, -0.1) is 6.58 Å². The molecule has 0 aliphatic carbocycles. The van der Waals surface area contributed by atoms with Crippen LogP contribution in [-0.2, 0) is 0 Å². The number of rotatable bonds is 6. The molecule has 0 aromatic carbocycles. The first-order chi connectivity index (χ1) is 5.24. The van der Waals surface area contributed by atoms with Crippen LogP contribution in [0.15, 0.2) is 12.7 Å². The monoisotopic (exact) mass is 156 g/mol. The molecule has 0 aromatic rings. The second-order valence-corrected chi connectivity index (χ2v) is 3.14. The highest BCUT2D eigenvalue weighted by atomic mass is 15.2. The molecular weight excluding hydrogens is 136 g/mol. The van der Waals surface area contributed by atoms with Crippen LogP contribution in [0.1, 0.15) is 33.1 Å². The Morgan fingerprint density at radius 3 is 2.64 bits per heavy atom. The van der Waals surface area contributed by atoms with Crippen LogP contribution in [0.25, 0.3) is 0 Å². The van der Waals surface area contributed by atoms with Crippen molar-refractivity contribution in [2.24, 2.45) is 11.8 Å². The molecule has 0 fully saturated rings. The quantitative estimate of drug-likeness (QED) is 0.350. The Balaban J connectivity index is 3.57. The van der Waals surface area contributed by atoms with Crippen molar-refractivity contribution in [2.75, 3.05) is 0 Å². The van der Waals surface area contributed by atoms with Gasteiger partial charge in [0.25, 0.3) is 0 Å². The maximum atomic E-state index is 5.36. The van der Waals surface area contributed by atoms with Crippen LogP contribution in [0.3, 0.4) is 0 Å². The van der Waals surface area contributed by atoms with E-state index in [1.807, 2.05) is 6.08 Å². The smallest absolute Gasteiger partial charge is 0.0247 e. The fourth-order valence-electron chi connectivity index (χ4n) is 1.09. The number of hydrazine groups is 1. The van der Waals surface area contributed by atoms with Crippen LogP contribution in [0.2, 0.25) is 0 Å². The number of nitrogens with two attached hydrogens (primary N) is 1. The number of nitrogens with one attached hydrogen (secondary N) is 1. The van der Waals surface area contributed by atoms with E-state index in [0.717, 1.165) is 18.8 Å². The molecule has 0 heterocycles. The Bertz CT molecular complexity index is 102. The van der Waals surface area contributed by atoms with Crippen LogP contribution in [0.4, 0.5) is 0 Å². The van der Waals surface area contributed by atoms with Gasteiger partial charge in [-0.2, -0.15) is 0 Å². The lowest BCUT2D eigenvalue weighted by atomic mass is 9.98. The van der Waals surface area contributed by atoms with Crippen molar-refractivity contribution in [3.63, 3.8) is 0 Å². The summed E-state index contributed by atoms with van der Waals surface area (Å²) in [5.74, 6) is 6.11. The van der Waals surface area contributed by atoms with Gasteiger partial charge in [-0.3, -0.25) is 11.3 Å². The maximum absolute atomic E-state index is 5.36. The van der Waals surface area contributed by atoms with Crippen LogP contribution < -0.4 is 11.3 Å². The molecule has 0 aliphatic heterocycles. The van der Waals surface area contributed by atoms with Gasteiger partial charge in [-0.1, -0.05) is 26.3 Å². The zero-order valence-electron chi connectivity index (χ0n) is 7.64. The van der Waals surface area contributed by atoms with Gasteiger partial charge in [0.05, 0.1) is 0 Å². The predicted octanol–water partition coefficient (Wildman–Crippen LogP) is 1.83. The summed E-state index contributed by atoms with van der Waals surface area (Å²) in [4.78, 5) is 0. The standard InChI is InChI=1S/C9H20N2/c1-4-6-9(11-10)7-8(3)5-2/h4,8-9,11H,1,5-7,10H2,2-3H3. The first kappa shape index (κ1) is 10.7. The molecule has 0 bridgehead atoms. The molecule has 66 valence electrons. The molecule has 0 rings (SSSR count). The van der Waals surface area contributed by atoms with Crippen LogP contribution in [0, 0.1) is 5.92 Å². The van der Waals surface area contributed by atoms with Crippen LogP contribution >= 0.6 is 0 Å². The Kier molecular flexibility index (Phi) is 6.18. The van der Waals surface area contributed by atoms with Crippen molar-refractivity contribution in [1.29, 1.82) is 0 Å². The van der Waals surface area contributed by atoms with E-state index in [1.165, 1.54) is 6.42 Å². The third-order valence-corrected chi connectivity index (χ3v) is 2.07. The molecule has 2 heteroatoms. The first-order valence-electron chi connectivity index (χ1n) is 4.31. The molecule has 0 spiro atoms. The zero-order chi connectivity index (χ0) is 8.69. The van der Waals surface area contributed by atoms with Crippen molar-refractivity contribution >= 4 is 0 Å². The average Bonchev–Trinajstić information content (AvgIpc) is 2.03. The minimum Gasteiger partial charge on any atom is -0.271 e. The molecule has 0 aliphatic rings. The van der Waals surface area contributed by atoms with Gasteiger partial charge in [0, 0.05) is 6.04 Å². The summed E-state index contributed by atoms with van der Waals surface area (Å²) in [6.07, 6.45) is 5.22. The minimum absolute atomic E-state index is 0.405. The number of hydrogen-bond donors (Lipinski definition) is 2. The van der Waals surface area contributed by atoms with E-state index in [1.54, 1.807) is 0 Å². The summed E-state index contributed by atoms with van der Waals surface area (Å²) >= 11 is 0. The fourth-order valence-corrected chi connectivity index (χ4v) is 1.09. The van der Waals surface area contributed by atoms with Crippen molar-refractivity contribution in [2.45, 2.75) is 39.2 Å². The SMILES string of the molecule is C=CCC(CC(C)CC)NN. The summed E-state index contributed by atoms with van der Waals surface area (Å²) in [5, 5.41) is 0. The molecule has 2 unspecified atom stereocenters. The van der Waals surface area contributed by atoms with Crippen LogP contribution in [-0.4, -0.2) is 6.04 Å². The molecule has 2 atom stereocenters. The van der Waals surface area contributed by atoms with E-state index in [0.29, 0.717) is 6.04 Å². The van der Waals surface area contributed by atoms with Gasteiger partial charge in [-0.05, 0) is 18.8 Å². The molecule has 11 heavy (non-hydrogen) atoms. The second kappa shape index (κ2) is 6.38. The van der Waals surface area contributed by atoms with Gasteiger partial charge in [0.2, 0.25) is 0 Å². The Hall–Kier alpha value is -0.340. The molecule has 0 saturated carbocycles. The molecular formula is C9H20N2. The molecule has 2 nitrogen and oxygen atoms in total.